The Balaban J connectivity index is 2.13. The third kappa shape index (κ3) is 2.52. The van der Waals surface area contributed by atoms with E-state index in [0.29, 0.717) is 16.7 Å². The highest BCUT2D eigenvalue weighted by molar-refractivity contribution is 6.08. The lowest BCUT2D eigenvalue weighted by atomic mass is 9.87. The molecule has 0 bridgehead atoms. The van der Waals surface area contributed by atoms with E-state index in [0.717, 1.165) is 11.3 Å². The van der Waals surface area contributed by atoms with Crippen LogP contribution in [-0.2, 0) is 0 Å². The minimum absolute atomic E-state index is 0.0640. The largest absolute Gasteiger partial charge is 0.344 e. The Hall–Kier alpha value is -2.49. The highest BCUT2D eigenvalue weighted by Gasteiger charge is 2.26. The summed E-state index contributed by atoms with van der Waals surface area (Å²) >= 11 is 0. The van der Waals surface area contributed by atoms with Crippen LogP contribution in [0, 0.1) is 12.3 Å². The van der Waals surface area contributed by atoms with Gasteiger partial charge in [-0.15, -0.1) is 0 Å². The molecule has 0 atom stereocenters. The second-order valence-electron chi connectivity index (χ2n) is 6.60. The Morgan fingerprint density at radius 2 is 1.82 bits per heavy atom. The van der Waals surface area contributed by atoms with E-state index in [4.69, 9.17) is 0 Å². The van der Waals surface area contributed by atoms with Crippen molar-refractivity contribution in [1.29, 1.82) is 0 Å². The lowest BCUT2D eigenvalue weighted by molar-refractivity contribution is 0.0860. The van der Waals surface area contributed by atoms with Crippen LogP contribution in [0.15, 0.2) is 36.7 Å². The normalized spacial score (nSPS) is 11.8. The number of H-pyrrole nitrogens is 1. The fourth-order valence-corrected chi connectivity index (χ4v) is 2.33. The smallest absolute Gasteiger partial charge is 0.171 e. The number of fused-ring (bicyclic) bond motifs is 1. The molecule has 2 aromatic heterocycles. The van der Waals surface area contributed by atoms with Crippen molar-refractivity contribution in [2.45, 2.75) is 27.7 Å². The number of ketones is 1. The molecule has 0 unspecified atom stereocenters. The third-order valence-corrected chi connectivity index (χ3v) is 3.65. The predicted molar refractivity (Wildman–Crippen MR) is 87.8 cm³/mol. The minimum Gasteiger partial charge on any atom is -0.344 e. The maximum Gasteiger partial charge on any atom is 0.171 e. The van der Waals surface area contributed by atoms with Crippen LogP contribution in [0.4, 0.5) is 0 Å². The number of rotatable bonds is 2. The Bertz CT molecular complexity index is 839. The van der Waals surface area contributed by atoms with Gasteiger partial charge in [-0.25, -0.2) is 9.97 Å². The fourth-order valence-electron chi connectivity index (χ4n) is 2.33. The number of nitrogens with one attached hydrogen (secondary N) is 1. The molecule has 1 aromatic carbocycles. The molecule has 4 heteroatoms. The van der Waals surface area contributed by atoms with Gasteiger partial charge in [0.25, 0.3) is 0 Å². The van der Waals surface area contributed by atoms with Crippen molar-refractivity contribution in [3.8, 4) is 11.3 Å². The van der Waals surface area contributed by atoms with Crippen molar-refractivity contribution < 1.29 is 4.79 Å². The molecule has 3 rings (SSSR count). The molecule has 3 aromatic rings. The van der Waals surface area contributed by atoms with Crippen LogP contribution < -0.4 is 0 Å². The summed E-state index contributed by atoms with van der Waals surface area (Å²) in [6.45, 7) is 7.77. The monoisotopic (exact) mass is 293 g/mol. The average Bonchev–Trinajstić information content (AvgIpc) is 2.89. The van der Waals surface area contributed by atoms with E-state index < -0.39 is 5.41 Å². The number of nitrogens with zero attached hydrogens (tertiary/aromatic N) is 2. The molecule has 4 nitrogen and oxygen atoms in total. The summed E-state index contributed by atoms with van der Waals surface area (Å²) in [4.78, 5) is 24.6. The zero-order valence-electron chi connectivity index (χ0n) is 13.3. The van der Waals surface area contributed by atoms with E-state index in [9.17, 15) is 4.79 Å². The predicted octanol–water partition coefficient (Wildman–Crippen LogP) is 4.16. The third-order valence-electron chi connectivity index (χ3n) is 3.65. The number of benzene rings is 1. The van der Waals surface area contributed by atoms with Crippen molar-refractivity contribution in [1.82, 2.24) is 15.0 Å². The zero-order valence-corrected chi connectivity index (χ0v) is 13.3. The second kappa shape index (κ2) is 5.05. The number of hydrogen-bond acceptors (Lipinski definition) is 3. The summed E-state index contributed by atoms with van der Waals surface area (Å²) in [6, 6.07) is 8.12. The molecule has 112 valence electrons. The van der Waals surface area contributed by atoms with Gasteiger partial charge in [0.2, 0.25) is 0 Å². The number of aryl methyl sites for hydroxylation is 1. The molecule has 0 spiro atoms. The Labute approximate surface area is 129 Å². The number of carbonyl (C=O) groups is 1. The van der Waals surface area contributed by atoms with Crippen LogP contribution in [-0.4, -0.2) is 20.7 Å². The van der Waals surface area contributed by atoms with Crippen LogP contribution in [0.2, 0.25) is 0 Å². The van der Waals surface area contributed by atoms with Crippen molar-refractivity contribution in [2.24, 2.45) is 5.41 Å². The maximum absolute atomic E-state index is 12.5. The quantitative estimate of drug-likeness (QED) is 0.722. The van der Waals surface area contributed by atoms with Crippen molar-refractivity contribution in [3.63, 3.8) is 0 Å². The van der Waals surface area contributed by atoms with E-state index in [1.54, 1.807) is 12.4 Å². The van der Waals surface area contributed by atoms with Crippen LogP contribution in [0.3, 0.4) is 0 Å². The SMILES string of the molecule is Cc1ccc(-c2cnc3[nH]cc(C(=O)C(C)(C)C)c3n2)cc1. The number of hydrogen-bond donors (Lipinski definition) is 1. The Morgan fingerprint density at radius 1 is 1.14 bits per heavy atom. The second-order valence-corrected chi connectivity index (χ2v) is 6.60. The van der Waals surface area contributed by atoms with Gasteiger partial charge in [-0.1, -0.05) is 50.6 Å². The molecule has 22 heavy (non-hydrogen) atoms. The molecule has 0 radical (unpaired) electrons. The molecule has 0 aliphatic carbocycles. The molecule has 2 heterocycles. The molecule has 0 aliphatic heterocycles. The summed E-state index contributed by atoms with van der Waals surface area (Å²) in [5, 5.41) is 0. The Morgan fingerprint density at radius 3 is 2.45 bits per heavy atom. The Kier molecular flexibility index (Phi) is 3.32. The topological polar surface area (TPSA) is 58.6 Å². The zero-order chi connectivity index (χ0) is 15.9. The lowest BCUT2D eigenvalue weighted by Gasteiger charge is -2.15. The molecule has 0 saturated carbocycles. The first kappa shape index (κ1) is 14.4. The van der Waals surface area contributed by atoms with E-state index in [1.165, 1.54) is 5.56 Å². The molecule has 0 saturated heterocycles. The maximum atomic E-state index is 12.5. The van der Waals surface area contributed by atoms with E-state index >= 15 is 0 Å². The number of Topliss-reactive ketones (excluding diaryl/α,β-unsaturated/α-hetero) is 1. The van der Waals surface area contributed by atoms with Gasteiger partial charge in [0, 0.05) is 17.2 Å². The summed E-state index contributed by atoms with van der Waals surface area (Å²) < 4.78 is 0. The fraction of sp³-hybridized carbons (Fsp3) is 0.278. The molecular formula is C18H19N3O. The van der Waals surface area contributed by atoms with Gasteiger partial charge < -0.3 is 4.98 Å². The lowest BCUT2D eigenvalue weighted by Crippen LogP contribution is -2.20. The van der Waals surface area contributed by atoms with Gasteiger partial charge in [0.1, 0.15) is 5.52 Å². The van der Waals surface area contributed by atoms with Crippen molar-refractivity contribution in [2.75, 3.05) is 0 Å². The van der Waals surface area contributed by atoms with Crippen LogP contribution in [0.1, 0.15) is 36.7 Å². The van der Waals surface area contributed by atoms with Crippen molar-refractivity contribution >= 4 is 16.9 Å². The van der Waals surface area contributed by atoms with Gasteiger partial charge >= 0.3 is 0 Å². The average molecular weight is 293 g/mol. The summed E-state index contributed by atoms with van der Waals surface area (Å²) in [7, 11) is 0. The highest BCUT2D eigenvalue weighted by Crippen LogP contribution is 2.26. The van der Waals surface area contributed by atoms with E-state index in [1.807, 2.05) is 52.0 Å². The first-order valence-electron chi connectivity index (χ1n) is 7.32. The van der Waals surface area contributed by atoms with Gasteiger partial charge in [-0.2, -0.15) is 0 Å². The number of aromatic amines is 1. The van der Waals surface area contributed by atoms with Gasteiger partial charge in [0.05, 0.1) is 17.5 Å². The van der Waals surface area contributed by atoms with Crippen molar-refractivity contribution in [3.05, 3.63) is 47.8 Å². The van der Waals surface area contributed by atoms with Gasteiger partial charge in [-0.05, 0) is 6.92 Å². The summed E-state index contributed by atoms with van der Waals surface area (Å²) in [5.41, 5.74) is 4.40. The standard InChI is InChI=1S/C18H19N3O/c1-11-5-7-12(8-6-11)14-10-20-17-15(21-14)13(9-19-17)16(22)18(2,3)4/h5-10H,1-4H3,(H,19,20). The minimum atomic E-state index is -0.448. The van der Waals surface area contributed by atoms with E-state index in [2.05, 4.69) is 15.0 Å². The van der Waals surface area contributed by atoms with Crippen LogP contribution >= 0.6 is 0 Å². The van der Waals surface area contributed by atoms with Crippen LogP contribution in [0.25, 0.3) is 22.4 Å². The first-order valence-corrected chi connectivity index (χ1v) is 7.32. The molecule has 0 aliphatic rings. The number of carbonyl (C=O) groups excluding carboxylic acids is 1. The van der Waals surface area contributed by atoms with Gasteiger partial charge in [0.15, 0.2) is 11.4 Å². The molecular weight excluding hydrogens is 274 g/mol. The summed E-state index contributed by atoms with van der Waals surface area (Å²) in [5.74, 6) is 0.0640. The molecule has 0 amide bonds. The van der Waals surface area contributed by atoms with Gasteiger partial charge in [-0.3, -0.25) is 4.79 Å². The van der Waals surface area contributed by atoms with Crippen LogP contribution in [0.5, 0.6) is 0 Å². The molecule has 1 N–H and O–H groups in total. The molecule has 0 fully saturated rings. The number of aromatic nitrogens is 3. The highest BCUT2D eigenvalue weighted by atomic mass is 16.1. The summed E-state index contributed by atoms with van der Waals surface area (Å²) in [6.07, 6.45) is 3.44. The first-order chi connectivity index (χ1) is 10.4. The van der Waals surface area contributed by atoms with E-state index in [-0.39, 0.29) is 5.78 Å².